The summed E-state index contributed by atoms with van der Waals surface area (Å²) in [5.41, 5.74) is 0. The first kappa shape index (κ1) is 14.2. The van der Waals surface area contributed by atoms with Crippen molar-refractivity contribution >= 4 is 6.03 Å². The number of benzene rings is 1. The molecular weight excluding hydrogens is 232 g/mol. The van der Waals surface area contributed by atoms with Gasteiger partial charge in [-0.2, -0.15) is 0 Å². The molecule has 0 spiro atoms. The van der Waals surface area contributed by atoms with Gasteiger partial charge in [-0.25, -0.2) is 4.79 Å². The number of ether oxygens (including phenoxy) is 2. The average Bonchev–Trinajstić information content (AvgIpc) is 2.34. The fourth-order valence-electron chi connectivity index (χ4n) is 1.38. The third kappa shape index (κ3) is 4.95. The standard InChI is InChI=1S/C13H20N2O3/c1-10(2)15-13(16)14-8-9-18-12-7-5-4-6-11(12)17-3/h4-7,10H,8-9H2,1-3H3,(H2,14,15,16). The largest absolute Gasteiger partial charge is 0.493 e. The normalized spacial score (nSPS) is 10.0. The van der Waals surface area contributed by atoms with E-state index in [1.807, 2.05) is 38.1 Å². The summed E-state index contributed by atoms with van der Waals surface area (Å²) >= 11 is 0. The van der Waals surface area contributed by atoms with Crippen molar-refractivity contribution in [1.82, 2.24) is 10.6 Å². The van der Waals surface area contributed by atoms with Crippen LogP contribution in [0.4, 0.5) is 4.79 Å². The Kier molecular flexibility index (Phi) is 5.84. The first-order chi connectivity index (χ1) is 8.63. The van der Waals surface area contributed by atoms with Crippen LogP contribution >= 0.6 is 0 Å². The molecule has 0 atom stereocenters. The highest BCUT2D eigenvalue weighted by molar-refractivity contribution is 5.74. The highest BCUT2D eigenvalue weighted by Crippen LogP contribution is 2.25. The van der Waals surface area contributed by atoms with Gasteiger partial charge < -0.3 is 20.1 Å². The zero-order chi connectivity index (χ0) is 13.4. The molecule has 0 saturated carbocycles. The van der Waals surface area contributed by atoms with Gasteiger partial charge in [-0.1, -0.05) is 12.1 Å². The summed E-state index contributed by atoms with van der Waals surface area (Å²) in [4.78, 5) is 11.3. The fourth-order valence-corrected chi connectivity index (χ4v) is 1.38. The molecule has 1 aromatic rings. The number of urea groups is 1. The van der Waals surface area contributed by atoms with Crippen LogP contribution in [0.1, 0.15) is 13.8 Å². The summed E-state index contributed by atoms with van der Waals surface area (Å²) in [6.07, 6.45) is 0. The topological polar surface area (TPSA) is 59.6 Å². The Bertz CT molecular complexity index is 380. The second kappa shape index (κ2) is 7.42. The Hall–Kier alpha value is -1.91. The Balaban J connectivity index is 2.27. The van der Waals surface area contributed by atoms with E-state index in [1.54, 1.807) is 7.11 Å². The molecule has 2 amide bonds. The third-order valence-corrected chi connectivity index (χ3v) is 2.13. The van der Waals surface area contributed by atoms with Crippen molar-refractivity contribution in [3.8, 4) is 11.5 Å². The summed E-state index contributed by atoms with van der Waals surface area (Å²) in [6, 6.07) is 7.34. The van der Waals surface area contributed by atoms with Gasteiger partial charge in [0.2, 0.25) is 0 Å². The van der Waals surface area contributed by atoms with Gasteiger partial charge in [-0.05, 0) is 26.0 Å². The molecule has 100 valence electrons. The lowest BCUT2D eigenvalue weighted by Gasteiger charge is -2.12. The number of para-hydroxylation sites is 2. The van der Waals surface area contributed by atoms with E-state index < -0.39 is 0 Å². The molecule has 0 radical (unpaired) electrons. The molecule has 18 heavy (non-hydrogen) atoms. The van der Waals surface area contributed by atoms with Gasteiger partial charge in [0.15, 0.2) is 11.5 Å². The van der Waals surface area contributed by atoms with Gasteiger partial charge in [0, 0.05) is 6.04 Å². The van der Waals surface area contributed by atoms with Crippen LogP contribution in [0.3, 0.4) is 0 Å². The van der Waals surface area contributed by atoms with Crippen molar-refractivity contribution in [3.63, 3.8) is 0 Å². The Labute approximate surface area is 107 Å². The number of carbonyl (C=O) groups excluding carboxylic acids is 1. The summed E-state index contributed by atoms with van der Waals surface area (Å²) in [5, 5.41) is 5.44. The molecule has 0 bridgehead atoms. The maximum absolute atomic E-state index is 11.3. The highest BCUT2D eigenvalue weighted by Gasteiger charge is 2.03. The molecule has 0 aliphatic carbocycles. The molecule has 1 aromatic carbocycles. The molecular formula is C13H20N2O3. The summed E-state index contributed by atoms with van der Waals surface area (Å²) in [5.74, 6) is 1.36. The van der Waals surface area contributed by atoms with E-state index in [2.05, 4.69) is 10.6 Å². The van der Waals surface area contributed by atoms with Crippen molar-refractivity contribution in [2.45, 2.75) is 19.9 Å². The van der Waals surface area contributed by atoms with E-state index in [0.29, 0.717) is 24.7 Å². The molecule has 0 saturated heterocycles. The van der Waals surface area contributed by atoms with E-state index >= 15 is 0 Å². The molecule has 0 aromatic heterocycles. The summed E-state index contributed by atoms with van der Waals surface area (Å²) < 4.78 is 10.7. The predicted octanol–water partition coefficient (Wildman–Crippen LogP) is 1.78. The molecule has 0 aliphatic heterocycles. The van der Waals surface area contributed by atoms with Crippen LogP contribution < -0.4 is 20.1 Å². The van der Waals surface area contributed by atoms with Crippen LogP contribution in [0.15, 0.2) is 24.3 Å². The lowest BCUT2D eigenvalue weighted by atomic mass is 10.3. The monoisotopic (exact) mass is 252 g/mol. The Morgan fingerprint density at radius 3 is 2.56 bits per heavy atom. The number of nitrogens with one attached hydrogen (secondary N) is 2. The minimum absolute atomic E-state index is 0.125. The second-order valence-electron chi connectivity index (χ2n) is 4.05. The highest BCUT2D eigenvalue weighted by atomic mass is 16.5. The zero-order valence-corrected chi connectivity index (χ0v) is 11.0. The Morgan fingerprint density at radius 2 is 1.94 bits per heavy atom. The summed E-state index contributed by atoms with van der Waals surface area (Å²) in [7, 11) is 1.59. The van der Waals surface area contributed by atoms with E-state index in [9.17, 15) is 4.79 Å². The van der Waals surface area contributed by atoms with Crippen molar-refractivity contribution in [2.24, 2.45) is 0 Å². The van der Waals surface area contributed by atoms with Gasteiger partial charge in [0.05, 0.1) is 13.7 Å². The molecule has 0 aliphatic rings. The molecule has 0 unspecified atom stereocenters. The SMILES string of the molecule is COc1ccccc1OCCNC(=O)NC(C)C. The number of amides is 2. The van der Waals surface area contributed by atoms with Crippen molar-refractivity contribution < 1.29 is 14.3 Å². The number of methoxy groups -OCH3 is 1. The van der Waals surface area contributed by atoms with Crippen LogP contribution in [-0.2, 0) is 0 Å². The van der Waals surface area contributed by atoms with E-state index in [-0.39, 0.29) is 12.1 Å². The third-order valence-electron chi connectivity index (χ3n) is 2.13. The molecule has 5 heteroatoms. The first-order valence-electron chi connectivity index (χ1n) is 5.93. The second-order valence-corrected chi connectivity index (χ2v) is 4.05. The van der Waals surface area contributed by atoms with Crippen LogP contribution in [-0.4, -0.2) is 32.3 Å². The maximum atomic E-state index is 11.3. The van der Waals surface area contributed by atoms with Crippen LogP contribution in [0, 0.1) is 0 Å². The van der Waals surface area contributed by atoms with Crippen LogP contribution in [0.5, 0.6) is 11.5 Å². The molecule has 0 heterocycles. The number of hydrogen-bond donors (Lipinski definition) is 2. The molecule has 5 nitrogen and oxygen atoms in total. The van der Waals surface area contributed by atoms with Gasteiger partial charge in [0.25, 0.3) is 0 Å². The van der Waals surface area contributed by atoms with Crippen molar-refractivity contribution in [1.29, 1.82) is 0 Å². The smallest absolute Gasteiger partial charge is 0.315 e. The van der Waals surface area contributed by atoms with E-state index in [0.717, 1.165) is 0 Å². The van der Waals surface area contributed by atoms with Crippen molar-refractivity contribution in [3.05, 3.63) is 24.3 Å². The van der Waals surface area contributed by atoms with Gasteiger partial charge >= 0.3 is 6.03 Å². The molecule has 0 fully saturated rings. The van der Waals surface area contributed by atoms with Crippen LogP contribution in [0.25, 0.3) is 0 Å². The fraction of sp³-hybridized carbons (Fsp3) is 0.462. The Morgan fingerprint density at radius 1 is 1.28 bits per heavy atom. The number of carbonyl (C=O) groups is 1. The minimum Gasteiger partial charge on any atom is -0.493 e. The number of hydrogen-bond acceptors (Lipinski definition) is 3. The molecule has 2 N–H and O–H groups in total. The van der Waals surface area contributed by atoms with Crippen LogP contribution in [0.2, 0.25) is 0 Å². The summed E-state index contributed by atoms with van der Waals surface area (Å²) in [6.45, 7) is 4.65. The lowest BCUT2D eigenvalue weighted by Crippen LogP contribution is -2.41. The van der Waals surface area contributed by atoms with Gasteiger partial charge in [0.1, 0.15) is 6.61 Å². The zero-order valence-electron chi connectivity index (χ0n) is 11.0. The lowest BCUT2D eigenvalue weighted by molar-refractivity contribution is 0.233. The quantitative estimate of drug-likeness (QED) is 0.759. The first-order valence-corrected chi connectivity index (χ1v) is 5.93. The van der Waals surface area contributed by atoms with E-state index in [4.69, 9.17) is 9.47 Å². The number of rotatable bonds is 6. The maximum Gasteiger partial charge on any atom is 0.315 e. The molecule has 1 rings (SSSR count). The minimum atomic E-state index is -0.186. The average molecular weight is 252 g/mol. The predicted molar refractivity (Wildman–Crippen MR) is 70.2 cm³/mol. The van der Waals surface area contributed by atoms with Crippen molar-refractivity contribution in [2.75, 3.05) is 20.3 Å². The van der Waals surface area contributed by atoms with E-state index in [1.165, 1.54) is 0 Å². The van der Waals surface area contributed by atoms with Gasteiger partial charge in [-0.3, -0.25) is 0 Å². The van der Waals surface area contributed by atoms with Gasteiger partial charge in [-0.15, -0.1) is 0 Å².